The van der Waals surface area contributed by atoms with E-state index < -0.39 is 23.8 Å². The van der Waals surface area contributed by atoms with Crippen LogP contribution in [0.3, 0.4) is 0 Å². The molecule has 0 bridgehead atoms. The lowest BCUT2D eigenvalue weighted by molar-refractivity contribution is -0.130. The number of rotatable bonds is 11. The molecule has 0 aliphatic carbocycles. The highest BCUT2D eigenvalue weighted by Crippen LogP contribution is 2.23. The van der Waals surface area contributed by atoms with E-state index in [-0.39, 0.29) is 12.5 Å². The number of hydrogen-bond donors (Lipinski definition) is 2. The molecule has 9 nitrogen and oxygen atoms in total. The molecule has 0 spiro atoms. The maximum absolute atomic E-state index is 12.8. The van der Waals surface area contributed by atoms with E-state index in [2.05, 4.69) is 15.8 Å². The lowest BCUT2D eigenvalue weighted by Crippen LogP contribution is -2.47. The lowest BCUT2D eigenvalue weighted by atomic mass is 10.0. The molecule has 1 aromatic heterocycles. The Balaban J connectivity index is 1.57. The van der Waals surface area contributed by atoms with Crippen molar-refractivity contribution in [1.29, 1.82) is 0 Å². The van der Waals surface area contributed by atoms with E-state index in [9.17, 15) is 14.4 Å². The van der Waals surface area contributed by atoms with Crippen molar-refractivity contribution in [2.75, 3.05) is 13.7 Å². The van der Waals surface area contributed by atoms with Gasteiger partial charge in [0.25, 0.3) is 11.8 Å². The molecule has 2 amide bonds. The van der Waals surface area contributed by atoms with E-state index >= 15 is 0 Å². The van der Waals surface area contributed by atoms with Crippen LogP contribution in [0.2, 0.25) is 0 Å². The largest absolute Gasteiger partial charge is 0.483 e. The summed E-state index contributed by atoms with van der Waals surface area (Å²) in [6.07, 6.45) is 1.81. The Labute approximate surface area is 222 Å². The van der Waals surface area contributed by atoms with E-state index in [0.717, 1.165) is 16.7 Å². The summed E-state index contributed by atoms with van der Waals surface area (Å²) >= 11 is 0. The average Bonchev–Trinajstić information content (AvgIpc) is 3.36. The van der Waals surface area contributed by atoms with Crippen molar-refractivity contribution in [3.05, 3.63) is 77.0 Å². The first-order chi connectivity index (χ1) is 18.2. The van der Waals surface area contributed by atoms with Gasteiger partial charge in [-0.25, -0.2) is 10.2 Å². The fourth-order valence-corrected chi connectivity index (χ4v) is 3.81. The van der Waals surface area contributed by atoms with Crippen LogP contribution >= 0.6 is 0 Å². The topological polar surface area (TPSA) is 119 Å². The van der Waals surface area contributed by atoms with E-state index in [1.165, 1.54) is 13.3 Å². The summed E-state index contributed by atoms with van der Waals surface area (Å²) in [6.45, 7) is 7.55. The zero-order valence-electron chi connectivity index (χ0n) is 22.2. The number of aryl methyl sites for hydroxylation is 2. The number of ether oxygens (including phenoxy) is 2. The van der Waals surface area contributed by atoms with Gasteiger partial charge >= 0.3 is 5.97 Å². The molecule has 0 radical (unpaired) electrons. The second-order valence-electron chi connectivity index (χ2n) is 9.26. The number of carbonyl (C=O) groups is 3. The first-order valence-corrected chi connectivity index (χ1v) is 12.3. The predicted molar refractivity (Wildman–Crippen MR) is 144 cm³/mol. The summed E-state index contributed by atoms with van der Waals surface area (Å²) in [5.74, 6) is 0.557. The normalized spacial score (nSPS) is 11.8. The standard InChI is InChI=1S/C29H33N3O6/c1-18(2)15-24(31-26(33)17-37-27-19(3)7-6-8-20(27)4)28(34)32-30-16-23-13-14-25(38-23)21-9-11-22(12-10-21)29(35)36-5/h6-14,16,18,24H,15,17H2,1-5H3,(H,31,33)(H,32,34)/b30-16-/t24-/m0/s1. The monoisotopic (exact) mass is 519 g/mol. The van der Waals surface area contributed by atoms with Crippen molar-refractivity contribution in [2.24, 2.45) is 11.0 Å². The van der Waals surface area contributed by atoms with Gasteiger partial charge in [-0.3, -0.25) is 9.59 Å². The maximum Gasteiger partial charge on any atom is 0.337 e. The zero-order valence-corrected chi connectivity index (χ0v) is 22.2. The summed E-state index contributed by atoms with van der Waals surface area (Å²) < 4.78 is 16.2. The number of nitrogens with zero attached hydrogens (tertiary/aromatic N) is 1. The molecule has 0 saturated carbocycles. The molecule has 0 aliphatic heterocycles. The van der Waals surface area contributed by atoms with Crippen LogP contribution in [0.1, 0.15) is 47.5 Å². The Hall–Kier alpha value is -4.40. The van der Waals surface area contributed by atoms with Crippen LogP contribution in [0.25, 0.3) is 11.3 Å². The third-order valence-corrected chi connectivity index (χ3v) is 5.70. The first-order valence-electron chi connectivity index (χ1n) is 12.3. The third-order valence-electron chi connectivity index (χ3n) is 5.70. The molecule has 38 heavy (non-hydrogen) atoms. The zero-order chi connectivity index (χ0) is 27.7. The average molecular weight is 520 g/mol. The Morgan fingerprint density at radius 2 is 1.68 bits per heavy atom. The molecule has 2 N–H and O–H groups in total. The van der Waals surface area contributed by atoms with Crippen molar-refractivity contribution < 1.29 is 28.3 Å². The van der Waals surface area contributed by atoms with E-state index in [1.807, 2.05) is 45.9 Å². The van der Waals surface area contributed by atoms with Crippen molar-refractivity contribution in [3.63, 3.8) is 0 Å². The minimum absolute atomic E-state index is 0.160. The van der Waals surface area contributed by atoms with Gasteiger partial charge in [0.2, 0.25) is 0 Å². The van der Waals surface area contributed by atoms with Crippen molar-refractivity contribution in [1.82, 2.24) is 10.7 Å². The van der Waals surface area contributed by atoms with Gasteiger partial charge in [0, 0.05) is 5.56 Å². The van der Waals surface area contributed by atoms with Crippen LogP contribution in [0.5, 0.6) is 5.75 Å². The van der Waals surface area contributed by atoms with Crippen LogP contribution in [0.4, 0.5) is 0 Å². The molecular weight excluding hydrogens is 486 g/mol. The molecular formula is C29H33N3O6. The number of furan rings is 1. The second kappa shape index (κ2) is 13.2. The SMILES string of the molecule is COC(=O)c1ccc(-c2ccc(/C=N\NC(=O)[C@H](CC(C)C)NC(=O)COc3c(C)cccc3C)o2)cc1. The number of methoxy groups -OCH3 is 1. The molecule has 2 aromatic carbocycles. The summed E-state index contributed by atoms with van der Waals surface area (Å²) in [4.78, 5) is 36.9. The van der Waals surface area contributed by atoms with Crippen molar-refractivity contribution >= 4 is 24.0 Å². The summed E-state index contributed by atoms with van der Waals surface area (Å²) in [6, 6.07) is 15.2. The number of nitrogens with one attached hydrogen (secondary N) is 2. The number of hydrogen-bond acceptors (Lipinski definition) is 7. The van der Waals surface area contributed by atoms with Gasteiger partial charge in [-0.2, -0.15) is 5.10 Å². The van der Waals surface area contributed by atoms with Crippen LogP contribution < -0.4 is 15.5 Å². The van der Waals surface area contributed by atoms with Gasteiger partial charge in [-0.15, -0.1) is 0 Å². The fraction of sp³-hybridized carbons (Fsp3) is 0.310. The number of esters is 1. The van der Waals surface area contributed by atoms with Crippen molar-refractivity contribution in [2.45, 2.75) is 40.2 Å². The van der Waals surface area contributed by atoms with Gasteiger partial charge in [-0.1, -0.05) is 44.2 Å². The minimum atomic E-state index is -0.776. The predicted octanol–water partition coefficient (Wildman–Crippen LogP) is 4.41. The van der Waals surface area contributed by atoms with Crippen LogP contribution in [0, 0.1) is 19.8 Å². The molecule has 1 atom stereocenters. The summed E-state index contributed by atoms with van der Waals surface area (Å²) in [7, 11) is 1.33. The Kier molecular flexibility index (Phi) is 9.81. The molecule has 1 heterocycles. The molecule has 0 aliphatic rings. The van der Waals surface area contributed by atoms with E-state index in [0.29, 0.717) is 29.3 Å². The molecule has 9 heteroatoms. The van der Waals surface area contributed by atoms with Gasteiger partial charge in [0.1, 0.15) is 23.3 Å². The number of benzene rings is 2. The Bertz CT molecular complexity index is 1270. The smallest absolute Gasteiger partial charge is 0.337 e. The highest BCUT2D eigenvalue weighted by Gasteiger charge is 2.22. The van der Waals surface area contributed by atoms with Gasteiger partial charge in [0.05, 0.1) is 18.9 Å². The summed E-state index contributed by atoms with van der Waals surface area (Å²) in [5, 5.41) is 6.73. The van der Waals surface area contributed by atoms with Gasteiger partial charge < -0.3 is 19.2 Å². The number of carbonyl (C=O) groups excluding carboxylic acids is 3. The first kappa shape index (κ1) is 28.2. The number of amides is 2. The number of hydrazone groups is 1. The van der Waals surface area contributed by atoms with Crippen LogP contribution in [0.15, 0.2) is 64.1 Å². The highest BCUT2D eigenvalue weighted by atomic mass is 16.5. The fourth-order valence-electron chi connectivity index (χ4n) is 3.81. The highest BCUT2D eigenvalue weighted by molar-refractivity contribution is 5.90. The maximum atomic E-state index is 12.8. The molecule has 0 saturated heterocycles. The van der Waals surface area contributed by atoms with E-state index in [1.54, 1.807) is 36.4 Å². The lowest BCUT2D eigenvalue weighted by Gasteiger charge is -2.19. The van der Waals surface area contributed by atoms with Crippen LogP contribution in [-0.4, -0.2) is 43.8 Å². The third kappa shape index (κ3) is 7.80. The minimum Gasteiger partial charge on any atom is -0.483 e. The molecule has 0 fully saturated rings. The summed E-state index contributed by atoms with van der Waals surface area (Å²) in [5.41, 5.74) is 5.54. The van der Waals surface area contributed by atoms with Gasteiger partial charge in [0.15, 0.2) is 6.61 Å². The second-order valence-corrected chi connectivity index (χ2v) is 9.26. The van der Waals surface area contributed by atoms with Gasteiger partial charge in [-0.05, 0) is 61.6 Å². The molecule has 200 valence electrons. The quantitative estimate of drug-likeness (QED) is 0.220. The van der Waals surface area contributed by atoms with Crippen LogP contribution in [-0.2, 0) is 14.3 Å². The molecule has 0 unspecified atom stereocenters. The van der Waals surface area contributed by atoms with E-state index in [4.69, 9.17) is 13.9 Å². The molecule has 3 aromatic rings. The molecule has 3 rings (SSSR count). The Morgan fingerprint density at radius 3 is 2.32 bits per heavy atom. The number of para-hydroxylation sites is 1. The van der Waals surface area contributed by atoms with Crippen molar-refractivity contribution in [3.8, 4) is 17.1 Å². The Morgan fingerprint density at radius 1 is 1.00 bits per heavy atom.